The lowest BCUT2D eigenvalue weighted by molar-refractivity contribution is -0.119. The first-order valence-electron chi connectivity index (χ1n) is 13.1. The fourth-order valence-electron chi connectivity index (χ4n) is 5.46. The number of aromatic nitrogens is 2. The number of thiocarbonyl (C=S) groups is 1. The molecule has 2 N–H and O–H groups in total. The number of methoxy groups -OCH3 is 1. The Balaban J connectivity index is 1.63. The number of hydrogen-bond acceptors (Lipinski definition) is 4. The number of amides is 1. The van der Waals surface area contributed by atoms with Gasteiger partial charge in [0.1, 0.15) is 6.61 Å². The van der Waals surface area contributed by atoms with Crippen molar-refractivity contribution in [1.82, 2.24) is 14.9 Å². The highest BCUT2D eigenvalue weighted by atomic mass is 35.5. The molecular formula is C31H32ClN5O2S. The largest absolute Gasteiger partial charge is 0.375 e. The summed E-state index contributed by atoms with van der Waals surface area (Å²) in [5.41, 5.74) is 9.26. The van der Waals surface area contributed by atoms with Crippen LogP contribution in [-0.4, -0.2) is 34.3 Å². The van der Waals surface area contributed by atoms with Crippen LogP contribution in [0.2, 0.25) is 5.02 Å². The van der Waals surface area contributed by atoms with Crippen LogP contribution in [0.25, 0.3) is 5.69 Å². The van der Waals surface area contributed by atoms with E-state index in [-0.39, 0.29) is 24.6 Å². The van der Waals surface area contributed by atoms with Crippen LogP contribution < -0.4 is 15.5 Å². The maximum absolute atomic E-state index is 12.1. The number of benzene rings is 2. The summed E-state index contributed by atoms with van der Waals surface area (Å²) in [5.74, 6) is -0.275. The van der Waals surface area contributed by atoms with Crippen molar-refractivity contribution >= 4 is 46.2 Å². The molecular weight excluding hydrogens is 542 g/mol. The molecule has 2 aromatic heterocycles. The molecule has 1 saturated heterocycles. The van der Waals surface area contributed by atoms with E-state index in [1.54, 1.807) is 12.3 Å². The van der Waals surface area contributed by atoms with E-state index in [1.165, 1.54) is 18.2 Å². The number of hydrogen-bond donors (Lipinski definition) is 2. The molecule has 0 spiro atoms. The average molecular weight is 574 g/mol. The van der Waals surface area contributed by atoms with E-state index in [4.69, 9.17) is 28.6 Å². The Morgan fingerprint density at radius 2 is 1.90 bits per heavy atom. The van der Waals surface area contributed by atoms with E-state index in [9.17, 15) is 4.79 Å². The molecule has 1 aliphatic heterocycles. The fourth-order valence-corrected chi connectivity index (χ4v) is 6.03. The normalized spacial score (nSPS) is 16.8. The topological polar surface area (TPSA) is 71.4 Å². The van der Waals surface area contributed by atoms with Gasteiger partial charge in [-0.2, -0.15) is 0 Å². The molecule has 4 aromatic rings. The van der Waals surface area contributed by atoms with Gasteiger partial charge in [-0.05, 0) is 99.1 Å². The summed E-state index contributed by atoms with van der Waals surface area (Å²) < 4.78 is 7.24. The number of halogens is 1. The number of carbonyl (C=O) groups is 1. The van der Waals surface area contributed by atoms with E-state index in [2.05, 4.69) is 77.0 Å². The van der Waals surface area contributed by atoms with Crippen molar-refractivity contribution in [2.45, 2.75) is 39.8 Å². The van der Waals surface area contributed by atoms with Crippen LogP contribution in [0.3, 0.4) is 0 Å². The first-order valence-corrected chi connectivity index (χ1v) is 13.8. The standard InChI is InChI=1S/C31H32ClN5O2S/c1-18-9-8-11-27(20(18)3)36-19(2)15-23(21(36)4)30-29(26-10-6-7-14-33-26)35-31(40)37(30)22-12-13-25(24(32)16-22)34-28(38)17-39-5/h6-16,29-30H,17H2,1-5H3,(H,34,38)(H,35,40)/t29-,30+/m0/s1. The number of carbonyl (C=O) groups excluding carboxylic acids is 1. The summed E-state index contributed by atoms with van der Waals surface area (Å²) in [4.78, 5) is 18.9. The van der Waals surface area contributed by atoms with E-state index >= 15 is 0 Å². The van der Waals surface area contributed by atoms with E-state index < -0.39 is 0 Å². The predicted octanol–water partition coefficient (Wildman–Crippen LogP) is 6.52. The number of rotatable bonds is 7. The average Bonchev–Trinajstić information content (AvgIpc) is 3.42. The first-order chi connectivity index (χ1) is 19.2. The Morgan fingerprint density at radius 1 is 1.10 bits per heavy atom. The van der Waals surface area contributed by atoms with Crippen molar-refractivity contribution in [3.8, 4) is 5.69 Å². The molecule has 1 fully saturated rings. The lowest BCUT2D eigenvalue weighted by Crippen LogP contribution is -2.29. The second kappa shape index (κ2) is 11.4. The zero-order valence-corrected chi connectivity index (χ0v) is 24.7. The van der Waals surface area contributed by atoms with Gasteiger partial charge in [0, 0.05) is 36.1 Å². The summed E-state index contributed by atoms with van der Waals surface area (Å²) >= 11 is 12.6. The van der Waals surface area contributed by atoms with Crippen LogP contribution in [0.15, 0.2) is 66.9 Å². The maximum atomic E-state index is 12.1. The van der Waals surface area contributed by atoms with Crippen LogP contribution in [0, 0.1) is 27.7 Å². The Bertz CT molecular complexity index is 1590. The van der Waals surface area contributed by atoms with Gasteiger partial charge < -0.3 is 24.8 Å². The third-order valence-electron chi connectivity index (χ3n) is 7.48. The number of nitrogens with zero attached hydrogens (tertiary/aromatic N) is 3. The molecule has 9 heteroatoms. The minimum atomic E-state index is -0.275. The Hall–Kier alpha value is -3.72. The molecule has 2 aromatic carbocycles. The zero-order chi connectivity index (χ0) is 28.6. The highest BCUT2D eigenvalue weighted by molar-refractivity contribution is 7.80. The van der Waals surface area contributed by atoms with Crippen molar-refractivity contribution in [1.29, 1.82) is 0 Å². The molecule has 0 bridgehead atoms. The highest BCUT2D eigenvalue weighted by Gasteiger charge is 2.42. The van der Waals surface area contributed by atoms with Gasteiger partial charge in [-0.25, -0.2) is 0 Å². The first kappa shape index (κ1) is 27.8. The van der Waals surface area contributed by atoms with Crippen LogP contribution in [0.4, 0.5) is 11.4 Å². The lowest BCUT2D eigenvalue weighted by Gasteiger charge is -2.28. The molecule has 7 nitrogen and oxygen atoms in total. The van der Waals surface area contributed by atoms with Gasteiger partial charge in [-0.3, -0.25) is 9.78 Å². The third-order valence-corrected chi connectivity index (χ3v) is 8.11. The molecule has 1 amide bonds. The van der Waals surface area contributed by atoms with Gasteiger partial charge in [0.2, 0.25) is 5.91 Å². The van der Waals surface area contributed by atoms with Crippen LogP contribution >= 0.6 is 23.8 Å². The van der Waals surface area contributed by atoms with Gasteiger partial charge in [0.15, 0.2) is 5.11 Å². The summed E-state index contributed by atoms with van der Waals surface area (Å²) in [6.07, 6.45) is 1.80. The molecule has 2 atom stereocenters. The van der Waals surface area contributed by atoms with Crippen molar-refractivity contribution in [3.05, 3.63) is 106 Å². The summed E-state index contributed by atoms with van der Waals surface area (Å²) in [5, 5.41) is 7.29. The summed E-state index contributed by atoms with van der Waals surface area (Å²) in [7, 11) is 1.47. The molecule has 0 unspecified atom stereocenters. The highest BCUT2D eigenvalue weighted by Crippen LogP contribution is 2.45. The van der Waals surface area contributed by atoms with Crippen molar-refractivity contribution in [2.24, 2.45) is 0 Å². The summed E-state index contributed by atoms with van der Waals surface area (Å²) in [6, 6.07) is 19.7. The number of aryl methyl sites for hydroxylation is 2. The third kappa shape index (κ3) is 5.10. The van der Waals surface area contributed by atoms with Crippen molar-refractivity contribution in [2.75, 3.05) is 23.9 Å². The lowest BCUT2D eigenvalue weighted by atomic mass is 9.96. The Kier molecular flexibility index (Phi) is 7.94. The Labute approximate surface area is 245 Å². The molecule has 0 aliphatic carbocycles. The second-order valence-corrected chi connectivity index (χ2v) is 10.8. The van der Waals surface area contributed by atoms with Gasteiger partial charge in [-0.1, -0.05) is 29.8 Å². The smallest absolute Gasteiger partial charge is 0.250 e. The van der Waals surface area contributed by atoms with Crippen LogP contribution in [-0.2, 0) is 9.53 Å². The van der Waals surface area contributed by atoms with Gasteiger partial charge >= 0.3 is 0 Å². The van der Waals surface area contributed by atoms with Gasteiger partial charge in [0.05, 0.1) is 28.5 Å². The summed E-state index contributed by atoms with van der Waals surface area (Å²) in [6.45, 7) is 8.53. The zero-order valence-electron chi connectivity index (χ0n) is 23.2. The number of pyridine rings is 1. The SMILES string of the molecule is COCC(=O)Nc1ccc(N2C(=S)N[C@@H](c3ccccn3)[C@H]2c2cc(C)n(-c3cccc(C)c3C)c2C)cc1Cl. The molecule has 40 heavy (non-hydrogen) atoms. The molecule has 0 radical (unpaired) electrons. The van der Waals surface area contributed by atoms with Crippen molar-refractivity contribution in [3.63, 3.8) is 0 Å². The van der Waals surface area contributed by atoms with Crippen molar-refractivity contribution < 1.29 is 9.53 Å². The van der Waals surface area contributed by atoms with Crippen LogP contribution in [0.1, 0.15) is 45.9 Å². The minimum Gasteiger partial charge on any atom is -0.375 e. The molecule has 3 heterocycles. The minimum absolute atomic E-state index is 0.0535. The monoisotopic (exact) mass is 573 g/mol. The quantitative estimate of drug-likeness (QED) is 0.245. The molecule has 0 saturated carbocycles. The van der Waals surface area contributed by atoms with Crippen LogP contribution in [0.5, 0.6) is 0 Å². The fraction of sp³-hybridized carbons (Fsp3) is 0.258. The number of nitrogens with one attached hydrogen (secondary N) is 2. The van der Waals surface area contributed by atoms with E-state index in [1.807, 2.05) is 30.3 Å². The van der Waals surface area contributed by atoms with Gasteiger partial charge in [0.25, 0.3) is 0 Å². The molecule has 5 rings (SSSR count). The van der Waals surface area contributed by atoms with Gasteiger partial charge in [-0.15, -0.1) is 0 Å². The van der Waals surface area contributed by atoms with E-state index in [0.717, 1.165) is 34.0 Å². The maximum Gasteiger partial charge on any atom is 0.250 e. The molecule has 206 valence electrons. The molecule has 1 aliphatic rings. The predicted molar refractivity (Wildman–Crippen MR) is 165 cm³/mol. The number of anilines is 2. The Morgan fingerprint density at radius 3 is 2.60 bits per heavy atom. The van der Waals surface area contributed by atoms with E-state index in [0.29, 0.717) is 15.8 Å². The number of ether oxygens (including phenoxy) is 1. The second-order valence-electron chi connectivity index (χ2n) is 10.0.